The van der Waals surface area contributed by atoms with Gasteiger partial charge < -0.3 is 25.0 Å². The molecule has 0 aromatic heterocycles. The van der Waals surface area contributed by atoms with Crippen LogP contribution in [0.25, 0.3) is 5.73 Å². The molecule has 7 heteroatoms. The summed E-state index contributed by atoms with van der Waals surface area (Å²) in [6.45, 7) is 16.4. The van der Waals surface area contributed by atoms with Crippen LogP contribution in [0.3, 0.4) is 0 Å². The molecule has 148 valence electrons. The third-order valence-electron chi connectivity index (χ3n) is 3.09. The summed E-state index contributed by atoms with van der Waals surface area (Å²) >= 11 is 2.03. The van der Waals surface area contributed by atoms with E-state index in [1.54, 1.807) is 0 Å². The van der Waals surface area contributed by atoms with E-state index in [0.717, 1.165) is 13.0 Å². The monoisotopic (exact) mass is 447 g/mol. The summed E-state index contributed by atoms with van der Waals surface area (Å²) in [7, 11) is 0.583. The maximum absolute atomic E-state index is 6.85. The van der Waals surface area contributed by atoms with Crippen LogP contribution in [0.2, 0.25) is 19.6 Å². The Kier molecular flexibility index (Phi) is 36.9. The van der Waals surface area contributed by atoms with Crippen LogP contribution in [-0.4, -0.2) is 29.1 Å². The van der Waals surface area contributed by atoms with E-state index in [9.17, 15) is 0 Å². The minimum absolute atomic E-state index is 0. The third-order valence-corrected chi connectivity index (χ3v) is 4.16. The van der Waals surface area contributed by atoms with E-state index in [1.165, 1.54) is 16.7 Å². The van der Waals surface area contributed by atoms with Gasteiger partial charge in [0.1, 0.15) is 0 Å². The third kappa shape index (κ3) is 21.2. The van der Waals surface area contributed by atoms with E-state index < -0.39 is 8.32 Å². The van der Waals surface area contributed by atoms with Crippen molar-refractivity contribution in [1.82, 2.24) is 0 Å². The van der Waals surface area contributed by atoms with Crippen molar-refractivity contribution in [1.29, 1.82) is 0 Å². The summed E-state index contributed by atoms with van der Waals surface area (Å²) in [5.41, 5.74) is 11.1. The molecule has 0 spiro atoms. The Hall–Kier alpha value is 1.13. The fraction of sp³-hybridized carbons (Fsp3) is 0.647. The molecule has 0 radical (unpaired) electrons. The summed E-state index contributed by atoms with van der Waals surface area (Å²) in [6, 6.07) is 0. The fourth-order valence-corrected chi connectivity index (χ4v) is 2.37. The van der Waals surface area contributed by atoms with Crippen molar-refractivity contribution in [3.05, 3.63) is 43.4 Å². The van der Waals surface area contributed by atoms with Crippen LogP contribution in [-0.2, 0) is 23.6 Å². The Morgan fingerprint density at radius 1 is 1.12 bits per heavy atom. The van der Waals surface area contributed by atoms with Gasteiger partial charge in [0.2, 0.25) is 0 Å². The summed E-state index contributed by atoms with van der Waals surface area (Å²) < 4.78 is 5.49. The van der Waals surface area contributed by atoms with Crippen LogP contribution in [0.15, 0.2) is 16.7 Å². The molecule has 0 heterocycles. The number of rotatable bonds is 4. The second-order valence-corrected chi connectivity index (χ2v) is 10.4. The van der Waals surface area contributed by atoms with E-state index >= 15 is 0 Å². The molecule has 1 aliphatic rings. The van der Waals surface area contributed by atoms with Gasteiger partial charge in [0.25, 0.3) is 0 Å². The number of allylic oxidation sites excluding steroid dienone is 4. The first-order valence-corrected chi connectivity index (χ1v) is 14.5. The molecular formula is C17H39Cl2NOSi2Ti-4. The molecule has 0 aromatic rings. The van der Waals surface area contributed by atoms with E-state index in [2.05, 4.69) is 53.4 Å². The standard InChI is InChI=1S/C9H13.C6H16NOSi.2CH3.2ClH.H2Si.Ti/c1-6-5-7(2)9(4)8(6)3;1-9(2,3)8-6-4-5-7;;;;;;/h6H,1-4H3;7H,4-6H2,1-3H3;2*1H3;2*1H;1H2;/q4*-1;;;;. The normalized spacial score (nSPS) is 14.8. The maximum atomic E-state index is 6.85. The van der Waals surface area contributed by atoms with Crippen molar-refractivity contribution in [2.75, 3.05) is 13.2 Å². The van der Waals surface area contributed by atoms with Gasteiger partial charge in [-0.25, -0.2) is 5.57 Å². The Balaban J connectivity index is -0.0000000530. The van der Waals surface area contributed by atoms with Crippen molar-refractivity contribution < 1.29 is 23.6 Å². The molecule has 1 atom stereocenters. The predicted molar refractivity (Wildman–Crippen MR) is 119 cm³/mol. The summed E-state index contributed by atoms with van der Waals surface area (Å²) in [4.78, 5) is 0. The SMILES string of the molecule is CC1=[C-]C(C)C(C)=C1C.C[Si](C)(C)OCCC[NH-].Cl.Cl.[CH3-].[CH3-].[SiH2]=[Ti]. The van der Waals surface area contributed by atoms with Crippen molar-refractivity contribution in [2.45, 2.75) is 53.8 Å². The molecule has 0 amide bonds. The van der Waals surface area contributed by atoms with Crippen LogP contribution >= 0.6 is 24.8 Å². The number of hydrogen-bond donors (Lipinski definition) is 0. The van der Waals surface area contributed by atoms with Crippen LogP contribution in [0.1, 0.15) is 34.1 Å². The minimum atomic E-state index is -1.28. The molecule has 0 saturated carbocycles. The molecule has 0 aliphatic heterocycles. The summed E-state index contributed by atoms with van der Waals surface area (Å²) in [5, 5.41) is 0. The molecule has 1 N–H and O–H groups in total. The molecule has 0 fully saturated rings. The Labute approximate surface area is 179 Å². The second kappa shape index (κ2) is 22.2. The van der Waals surface area contributed by atoms with E-state index in [-0.39, 0.29) is 39.7 Å². The van der Waals surface area contributed by atoms with Gasteiger partial charge in [-0.1, -0.05) is 26.7 Å². The molecule has 0 bridgehead atoms. The summed E-state index contributed by atoms with van der Waals surface area (Å²) in [6.07, 6.45) is 4.24. The van der Waals surface area contributed by atoms with Gasteiger partial charge in [-0.2, -0.15) is 11.1 Å². The van der Waals surface area contributed by atoms with Gasteiger partial charge in [-0.05, 0) is 26.1 Å². The Morgan fingerprint density at radius 2 is 1.54 bits per heavy atom. The predicted octanol–water partition coefficient (Wildman–Crippen LogP) is 5.83. The van der Waals surface area contributed by atoms with Gasteiger partial charge in [-0.3, -0.25) is 6.08 Å². The number of halogens is 2. The van der Waals surface area contributed by atoms with Gasteiger partial charge in [-0.15, -0.1) is 38.3 Å². The molecule has 0 saturated heterocycles. The molecule has 24 heavy (non-hydrogen) atoms. The first kappa shape index (κ1) is 40.0. The molecule has 1 aliphatic carbocycles. The second-order valence-electron chi connectivity index (χ2n) is 5.86. The fourth-order valence-electron chi connectivity index (χ4n) is 1.61. The summed E-state index contributed by atoms with van der Waals surface area (Å²) in [5.74, 6) is 0.560. The van der Waals surface area contributed by atoms with Crippen LogP contribution < -0.4 is 0 Å². The zero-order valence-electron chi connectivity index (χ0n) is 17.1. The van der Waals surface area contributed by atoms with Crippen LogP contribution in [0, 0.1) is 26.8 Å². The van der Waals surface area contributed by atoms with Gasteiger partial charge >= 0.3 is 26.8 Å². The molecule has 1 rings (SSSR count). The van der Waals surface area contributed by atoms with Crippen molar-refractivity contribution in [3.8, 4) is 0 Å². The van der Waals surface area contributed by atoms with E-state index in [4.69, 9.17) is 10.2 Å². The first-order chi connectivity index (χ1) is 9.19. The molecule has 1 unspecified atom stereocenters. The average Bonchev–Trinajstić information content (AvgIpc) is 2.58. The van der Waals surface area contributed by atoms with Crippen molar-refractivity contribution in [2.24, 2.45) is 5.92 Å². The molecule has 2 nitrogen and oxygen atoms in total. The van der Waals surface area contributed by atoms with Gasteiger partial charge in [0.05, 0.1) is 0 Å². The van der Waals surface area contributed by atoms with Crippen LogP contribution in [0.5, 0.6) is 0 Å². The quantitative estimate of drug-likeness (QED) is 0.303. The Morgan fingerprint density at radius 3 is 1.71 bits per heavy atom. The first-order valence-electron chi connectivity index (χ1n) is 7.10. The topological polar surface area (TPSA) is 33.0 Å². The van der Waals surface area contributed by atoms with Crippen LogP contribution in [0.4, 0.5) is 0 Å². The van der Waals surface area contributed by atoms with E-state index in [0.29, 0.717) is 12.5 Å². The zero-order valence-corrected chi connectivity index (χ0v) is 22.7. The molecule has 0 aromatic carbocycles. The number of nitrogens with one attached hydrogen (secondary N) is 1. The van der Waals surface area contributed by atoms with E-state index in [1.807, 2.05) is 26.8 Å². The Bertz CT molecular complexity index is 346. The molecular weight excluding hydrogens is 409 g/mol. The van der Waals surface area contributed by atoms with Gasteiger partial charge in [0.15, 0.2) is 8.32 Å². The van der Waals surface area contributed by atoms with Gasteiger partial charge in [0, 0.05) is 6.61 Å². The van der Waals surface area contributed by atoms with Crippen molar-refractivity contribution in [3.63, 3.8) is 0 Å². The van der Waals surface area contributed by atoms with Crippen molar-refractivity contribution >= 4 is 40.8 Å². The average molecular weight is 448 g/mol. The number of hydrogen-bond acceptors (Lipinski definition) is 1. The zero-order chi connectivity index (χ0) is 16.3.